The Bertz CT molecular complexity index is 1670. The van der Waals surface area contributed by atoms with Gasteiger partial charge < -0.3 is 15.4 Å². The Morgan fingerprint density at radius 3 is 2.39 bits per heavy atom. The van der Waals surface area contributed by atoms with Crippen LogP contribution in [0.15, 0.2) is 71.9 Å². The van der Waals surface area contributed by atoms with E-state index in [4.69, 9.17) is 32.2 Å². The van der Waals surface area contributed by atoms with Crippen molar-refractivity contribution in [2.24, 2.45) is 10.9 Å². The summed E-state index contributed by atoms with van der Waals surface area (Å²) in [7, 11) is 0. The molecular formula is C32H34ClN7O. The molecular weight excluding hydrogens is 534 g/mol. The number of halogens is 1. The summed E-state index contributed by atoms with van der Waals surface area (Å²) in [5.41, 5.74) is 12.4. The van der Waals surface area contributed by atoms with Gasteiger partial charge in [-0.2, -0.15) is 0 Å². The van der Waals surface area contributed by atoms with Crippen LogP contribution in [0.4, 0.5) is 11.5 Å². The third-order valence-electron chi connectivity index (χ3n) is 8.82. The van der Waals surface area contributed by atoms with E-state index in [0.717, 1.165) is 67.1 Å². The fraction of sp³-hybridized carbons (Fsp3) is 0.344. The molecule has 0 amide bonds. The van der Waals surface area contributed by atoms with Crippen LogP contribution in [0.2, 0.25) is 0 Å². The minimum atomic E-state index is -0.156. The van der Waals surface area contributed by atoms with Gasteiger partial charge >= 0.3 is 0 Å². The van der Waals surface area contributed by atoms with Crippen LogP contribution in [0.5, 0.6) is 0 Å². The third kappa shape index (κ3) is 4.60. The molecule has 0 radical (unpaired) electrons. The van der Waals surface area contributed by atoms with E-state index >= 15 is 0 Å². The summed E-state index contributed by atoms with van der Waals surface area (Å²) >= 11 is 6.18. The molecule has 4 aromatic rings. The quantitative estimate of drug-likeness (QED) is 0.338. The zero-order chi connectivity index (χ0) is 28.0. The summed E-state index contributed by atoms with van der Waals surface area (Å²) in [5, 5.41) is 0.860. The summed E-state index contributed by atoms with van der Waals surface area (Å²) in [4.78, 5) is 20.2. The first-order valence-electron chi connectivity index (χ1n) is 14.4. The number of rotatable bonds is 6. The number of aromatic nitrogens is 3. The summed E-state index contributed by atoms with van der Waals surface area (Å²) in [6, 6.07) is 21.2. The number of nitrogens with zero attached hydrogens (tertiary/aromatic N) is 5. The molecule has 2 unspecified atom stereocenters. The molecule has 2 aromatic carbocycles. The van der Waals surface area contributed by atoms with Crippen molar-refractivity contribution in [1.29, 1.82) is 0 Å². The highest BCUT2D eigenvalue weighted by atomic mass is 35.5. The smallest absolute Gasteiger partial charge is 0.160 e. The first-order valence-corrected chi connectivity index (χ1v) is 14.7. The van der Waals surface area contributed by atoms with Gasteiger partial charge in [0.15, 0.2) is 11.3 Å². The Morgan fingerprint density at radius 2 is 1.73 bits per heavy atom. The van der Waals surface area contributed by atoms with E-state index in [-0.39, 0.29) is 17.5 Å². The summed E-state index contributed by atoms with van der Waals surface area (Å²) in [6.07, 6.45) is 7.16. The molecule has 1 aliphatic carbocycles. The Hall–Kier alpha value is -3.72. The van der Waals surface area contributed by atoms with Crippen molar-refractivity contribution in [1.82, 2.24) is 19.4 Å². The lowest BCUT2D eigenvalue weighted by Crippen LogP contribution is -2.43. The van der Waals surface area contributed by atoms with Crippen LogP contribution < -0.4 is 26.3 Å². The molecule has 0 bridgehead atoms. The van der Waals surface area contributed by atoms with Crippen molar-refractivity contribution in [3.8, 4) is 17.1 Å². The van der Waals surface area contributed by atoms with Crippen molar-refractivity contribution < 1.29 is 4.74 Å². The average molecular weight is 568 g/mol. The van der Waals surface area contributed by atoms with Gasteiger partial charge in [0.05, 0.1) is 30.4 Å². The molecule has 3 aliphatic rings. The minimum Gasteiger partial charge on any atom is -0.383 e. The standard InChI is InChI=1S/C32H34ClN7O/c1-21-20-27-31(37-28(21)22-5-9-24(10-6-22)39-16-18-41-19-17-39)40(30(36-27)26-4-2-15-35-29(26)34)25-11-7-23(8-12-25)32(38-33)13-3-14-32/h2,4-12,15,20-21,28,38H,3,13-14,16-19H2,1H3,(H2,34,35). The molecule has 2 atom stereocenters. The first-order chi connectivity index (χ1) is 20.1. The molecule has 2 fully saturated rings. The number of pyridine rings is 1. The number of imidazole rings is 1. The van der Waals surface area contributed by atoms with E-state index in [0.29, 0.717) is 5.82 Å². The van der Waals surface area contributed by atoms with Crippen molar-refractivity contribution in [3.05, 3.63) is 88.8 Å². The molecule has 0 spiro atoms. The molecule has 1 saturated carbocycles. The van der Waals surface area contributed by atoms with Crippen LogP contribution in [0.1, 0.15) is 43.4 Å². The number of morpholine rings is 1. The van der Waals surface area contributed by atoms with E-state index in [1.807, 2.05) is 12.1 Å². The number of nitrogen functional groups attached to an aromatic ring is 1. The first kappa shape index (κ1) is 26.2. The maximum absolute atomic E-state index is 6.36. The summed E-state index contributed by atoms with van der Waals surface area (Å²) < 4.78 is 7.64. The number of ether oxygens (including phenoxy) is 1. The molecule has 41 heavy (non-hydrogen) atoms. The normalized spacial score (nSPS) is 21.4. The molecule has 4 heterocycles. The van der Waals surface area contributed by atoms with Gasteiger partial charge in [-0.3, -0.25) is 9.56 Å². The van der Waals surface area contributed by atoms with Gasteiger partial charge in [0.25, 0.3) is 0 Å². The number of nitrogens with two attached hydrogens (primary N) is 1. The highest BCUT2D eigenvalue weighted by Gasteiger charge is 2.38. The highest BCUT2D eigenvalue weighted by molar-refractivity contribution is 6.14. The molecule has 1 saturated heterocycles. The summed E-state index contributed by atoms with van der Waals surface area (Å²) in [6.45, 7) is 5.58. The third-order valence-corrected chi connectivity index (χ3v) is 9.18. The Balaban J connectivity index is 1.33. The van der Waals surface area contributed by atoms with Crippen LogP contribution in [0.3, 0.4) is 0 Å². The lowest BCUT2D eigenvalue weighted by molar-refractivity contribution is 0.122. The Kier molecular flexibility index (Phi) is 6.77. The van der Waals surface area contributed by atoms with E-state index in [2.05, 4.69) is 80.8 Å². The van der Waals surface area contributed by atoms with E-state index < -0.39 is 0 Å². The second kappa shape index (κ2) is 10.6. The zero-order valence-electron chi connectivity index (χ0n) is 23.1. The van der Waals surface area contributed by atoms with Gasteiger partial charge in [-0.25, -0.2) is 14.8 Å². The molecule has 8 nitrogen and oxygen atoms in total. The minimum absolute atomic E-state index is 0.0336. The van der Waals surface area contributed by atoms with Gasteiger partial charge in [-0.1, -0.05) is 31.2 Å². The molecule has 210 valence electrons. The second-order valence-electron chi connectivity index (χ2n) is 11.3. The number of benzene rings is 2. The topological polar surface area (TPSA) is 93.6 Å². The Morgan fingerprint density at radius 1 is 1.00 bits per heavy atom. The van der Waals surface area contributed by atoms with Crippen LogP contribution in [0.25, 0.3) is 23.2 Å². The van der Waals surface area contributed by atoms with E-state index in [1.165, 1.54) is 23.2 Å². The predicted octanol–water partition coefficient (Wildman–Crippen LogP) is 4.27. The SMILES string of the molecule is CC1C=c2nc(-c3cccnc3N)n(-c3ccc(C4(NCl)CCC4)cc3)c2=NC1c1ccc(N2CCOCC2)cc1. The lowest BCUT2D eigenvalue weighted by Gasteiger charge is -2.41. The Labute approximate surface area is 244 Å². The van der Waals surface area contributed by atoms with Crippen LogP contribution in [-0.4, -0.2) is 40.8 Å². The molecule has 2 aliphatic heterocycles. The van der Waals surface area contributed by atoms with Crippen molar-refractivity contribution in [2.75, 3.05) is 36.9 Å². The van der Waals surface area contributed by atoms with Crippen molar-refractivity contribution >= 4 is 29.4 Å². The largest absolute Gasteiger partial charge is 0.383 e. The number of hydrogen-bond donors (Lipinski definition) is 2. The molecule has 3 N–H and O–H groups in total. The van der Waals surface area contributed by atoms with Crippen molar-refractivity contribution in [2.45, 2.75) is 37.8 Å². The highest BCUT2D eigenvalue weighted by Crippen LogP contribution is 2.42. The fourth-order valence-corrected chi connectivity index (χ4v) is 6.56. The summed E-state index contributed by atoms with van der Waals surface area (Å²) in [5.74, 6) is 1.35. The van der Waals surface area contributed by atoms with E-state index in [1.54, 1.807) is 6.20 Å². The van der Waals surface area contributed by atoms with Gasteiger partial charge in [0.2, 0.25) is 0 Å². The molecule has 9 heteroatoms. The van der Waals surface area contributed by atoms with Crippen molar-refractivity contribution in [3.63, 3.8) is 0 Å². The maximum Gasteiger partial charge on any atom is 0.160 e. The molecule has 7 rings (SSSR count). The number of fused-ring (bicyclic) bond motifs is 1. The molecule has 2 aromatic heterocycles. The number of anilines is 2. The van der Waals surface area contributed by atoms with E-state index in [9.17, 15) is 0 Å². The number of hydrogen-bond acceptors (Lipinski definition) is 7. The van der Waals surface area contributed by atoms with Crippen LogP contribution >= 0.6 is 11.8 Å². The number of nitrogens with one attached hydrogen (secondary N) is 1. The predicted molar refractivity (Wildman–Crippen MR) is 162 cm³/mol. The average Bonchev–Trinajstić information content (AvgIpc) is 3.35. The van der Waals surface area contributed by atoms with Crippen LogP contribution in [0, 0.1) is 5.92 Å². The zero-order valence-corrected chi connectivity index (χ0v) is 23.9. The van der Waals surface area contributed by atoms with Crippen LogP contribution in [-0.2, 0) is 10.3 Å². The lowest BCUT2D eigenvalue weighted by atomic mass is 9.73. The second-order valence-corrected chi connectivity index (χ2v) is 11.5. The van der Waals surface area contributed by atoms with Gasteiger partial charge in [-0.05, 0) is 84.6 Å². The van der Waals surface area contributed by atoms with Gasteiger partial charge in [0.1, 0.15) is 11.2 Å². The van der Waals surface area contributed by atoms with Gasteiger partial charge in [0, 0.05) is 36.6 Å². The fourth-order valence-electron chi connectivity index (χ4n) is 6.27. The monoisotopic (exact) mass is 567 g/mol. The van der Waals surface area contributed by atoms with Gasteiger partial charge in [-0.15, -0.1) is 0 Å². The maximum atomic E-state index is 6.36.